The zero-order valence-electron chi connectivity index (χ0n) is 13.2. The number of benzene rings is 1. The molecule has 122 valence electrons. The maximum absolute atomic E-state index is 13.0. The van der Waals surface area contributed by atoms with Gasteiger partial charge in [0.25, 0.3) is 0 Å². The number of rotatable bonds is 2. The molecular weight excluding hydrogens is 306 g/mol. The standard InChI is InChI=1S/C19H17NO4/c1-9(21)24-11-4-2-3-10(7-11)20-18(22)16-12-5-6-13(15-8-14(12)15)17(16)19(20)23/h2-7,12-17H,8H2,1H3/t12-,13+,14-,15+,16+,17-. The van der Waals surface area contributed by atoms with E-state index in [0.29, 0.717) is 23.3 Å². The Morgan fingerprint density at radius 2 is 1.71 bits per heavy atom. The Hall–Kier alpha value is -2.43. The third-order valence-electron chi connectivity index (χ3n) is 6.00. The second-order valence-corrected chi connectivity index (χ2v) is 7.26. The minimum Gasteiger partial charge on any atom is -0.427 e. The largest absolute Gasteiger partial charge is 0.427 e. The van der Waals surface area contributed by atoms with Crippen molar-refractivity contribution < 1.29 is 19.1 Å². The minimum atomic E-state index is -0.428. The van der Waals surface area contributed by atoms with Crippen molar-refractivity contribution in [3.63, 3.8) is 0 Å². The lowest BCUT2D eigenvalue weighted by atomic mass is 9.63. The molecule has 1 aromatic rings. The van der Waals surface area contributed by atoms with Crippen molar-refractivity contribution >= 4 is 23.5 Å². The molecule has 1 aliphatic heterocycles. The number of ether oxygens (including phenoxy) is 1. The van der Waals surface area contributed by atoms with Crippen LogP contribution in [0.2, 0.25) is 0 Å². The van der Waals surface area contributed by atoms with Crippen molar-refractivity contribution in [2.24, 2.45) is 35.5 Å². The van der Waals surface area contributed by atoms with Gasteiger partial charge in [-0.1, -0.05) is 18.2 Å². The van der Waals surface area contributed by atoms with Crippen LogP contribution in [0, 0.1) is 35.5 Å². The molecule has 0 unspecified atom stereocenters. The van der Waals surface area contributed by atoms with E-state index in [1.807, 2.05) is 0 Å². The fraction of sp³-hybridized carbons (Fsp3) is 0.421. The molecule has 5 aliphatic rings. The van der Waals surface area contributed by atoms with Gasteiger partial charge in [-0.25, -0.2) is 4.90 Å². The molecule has 24 heavy (non-hydrogen) atoms. The van der Waals surface area contributed by atoms with Crippen LogP contribution in [0.1, 0.15) is 13.3 Å². The summed E-state index contributed by atoms with van der Waals surface area (Å²) in [5.41, 5.74) is 0.492. The number of hydrogen-bond donors (Lipinski definition) is 0. The molecule has 2 bridgehead atoms. The number of hydrogen-bond acceptors (Lipinski definition) is 4. The fourth-order valence-electron chi connectivity index (χ4n) is 5.06. The first-order valence-corrected chi connectivity index (χ1v) is 8.41. The first kappa shape index (κ1) is 14.0. The Morgan fingerprint density at radius 1 is 1.08 bits per heavy atom. The van der Waals surface area contributed by atoms with E-state index in [1.165, 1.54) is 11.8 Å². The summed E-state index contributed by atoms with van der Waals surface area (Å²) in [6.45, 7) is 1.32. The number of esters is 1. The molecule has 4 aliphatic carbocycles. The van der Waals surface area contributed by atoms with Crippen molar-refractivity contribution in [2.45, 2.75) is 13.3 Å². The molecular formula is C19H17NO4. The van der Waals surface area contributed by atoms with Crippen molar-refractivity contribution in [1.82, 2.24) is 0 Å². The van der Waals surface area contributed by atoms with Crippen LogP contribution >= 0.6 is 0 Å². The summed E-state index contributed by atoms with van der Waals surface area (Å²) in [5.74, 6) is 0.884. The summed E-state index contributed by atoms with van der Waals surface area (Å²) in [6, 6.07) is 6.64. The van der Waals surface area contributed by atoms with E-state index in [9.17, 15) is 14.4 Å². The van der Waals surface area contributed by atoms with Gasteiger partial charge in [0.15, 0.2) is 0 Å². The first-order valence-electron chi connectivity index (χ1n) is 8.41. The molecule has 0 radical (unpaired) electrons. The average Bonchev–Trinajstić information content (AvgIpc) is 3.31. The fourth-order valence-corrected chi connectivity index (χ4v) is 5.06. The Morgan fingerprint density at radius 3 is 2.29 bits per heavy atom. The predicted molar refractivity (Wildman–Crippen MR) is 84.9 cm³/mol. The van der Waals surface area contributed by atoms with Gasteiger partial charge in [-0.05, 0) is 42.2 Å². The van der Waals surface area contributed by atoms with E-state index in [1.54, 1.807) is 24.3 Å². The van der Waals surface area contributed by atoms with Crippen molar-refractivity contribution in [3.05, 3.63) is 36.4 Å². The Bertz CT molecular complexity index is 777. The highest BCUT2D eigenvalue weighted by Crippen LogP contribution is 2.65. The molecule has 5 nitrogen and oxygen atoms in total. The number of nitrogens with zero attached hydrogens (tertiary/aromatic N) is 1. The zero-order chi connectivity index (χ0) is 16.6. The predicted octanol–water partition coefficient (Wildman–Crippen LogP) is 2.17. The highest BCUT2D eigenvalue weighted by molar-refractivity contribution is 6.22. The smallest absolute Gasteiger partial charge is 0.308 e. The normalized spacial score (nSPS) is 38.1. The van der Waals surface area contributed by atoms with E-state index in [2.05, 4.69) is 12.2 Å². The van der Waals surface area contributed by atoms with Crippen LogP contribution in [0.25, 0.3) is 0 Å². The molecule has 1 heterocycles. The molecule has 0 aromatic heterocycles. The van der Waals surface area contributed by atoms with Gasteiger partial charge in [-0.2, -0.15) is 0 Å². The monoisotopic (exact) mass is 323 g/mol. The van der Waals surface area contributed by atoms with E-state index < -0.39 is 5.97 Å². The summed E-state index contributed by atoms with van der Waals surface area (Å²) in [5, 5.41) is 0. The molecule has 1 saturated heterocycles. The number of carbonyl (C=O) groups excluding carboxylic acids is 3. The van der Waals surface area contributed by atoms with Crippen LogP contribution < -0.4 is 9.64 Å². The van der Waals surface area contributed by atoms with Crippen molar-refractivity contribution in [3.8, 4) is 5.75 Å². The Balaban J connectivity index is 1.51. The molecule has 5 heteroatoms. The Kier molecular flexibility index (Phi) is 2.65. The lowest BCUT2D eigenvalue weighted by Gasteiger charge is -2.37. The van der Waals surface area contributed by atoms with Gasteiger partial charge in [0.05, 0.1) is 17.5 Å². The summed E-state index contributed by atoms with van der Waals surface area (Å²) < 4.78 is 5.08. The van der Waals surface area contributed by atoms with Crippen LogP contribution in [0.4, 0.5) is 5.69 Å². The molecule has 1 aromatic carbocycles. The molecule has 2 saturated carbocycles. The third kappa shape index (κ3) is 1.72. The highest BCUT2D eigenvalue weighted by atomic mass is 16.5. The van der Waals surface area contributed by atoms with Gasteiger partial charge in [-0.3, -0.25) is 14.4 Å². The van der Waals surface area contributed by atoms with Crippen LogP contribution in [0.15, 0.2) is 36.4 Å². The van der Waals surface area contributed by atoms with E-state index in [-0.39, 0.29) is 35.5 Å². The molecule has 0 N–H and O–H groups in total. The van der Waals surface area contributed by atoms with E-state index in [0.717, 1.165) is 6.42 Å². The van der Waals surface area contributed by atoms with E-state index in [4.69, 9.17) is 4.74 Å². The maximum atomic E-state index is 13.0. The summed E-state index contributed by atoms with van der Waals surface area (Å²) in [4.78, 5) is 38.4. The lowest BCUT2D eigenvalue weighted by Crippen LogP contribution is -2.40. The minimum absolute atomic E-state index is 0.102. The maximum Gasteiger partial charge on any atom is 0.308 e. The van der Waals surface area contributed by atoms with Gasteiger partial charge < -0.3 is 4.74 Å². The molecule has 3 fully saturated rings. The van der Waals surface area contributed by atoms with Gasteiger partial charge in [-0.15, -0.1) is 0 Å². The quantitative estimate of drug-likeness (QED) is 0.362. The number of carbonyl (C=O) groups is 3. The number of imide groups is 1. The average molecular weight is 323 g/mol. The summed E-state index contributed by atoms with van der Waals surface area (Å²) >= 11 is 0. The van der Waals surface area contributed by atoms with Gasteiger partial charge in [0.2, 0.25) is 11.8 Å². The van der Waals surface area contributed by atoms with Gasteiger partial charge >= 0.3 is 5.97 Å². The second kappa shape index (κ2) is 4.56. The van der Waals surface area contributed by atoms with Crippen LogP contribution in [-0.2, 0) is 14.4 Å². The number of amides is 2. The summed E-state index contributed by atoms with van der Waals surface area (Å²) in [7, 11) is 0. The third-order valence-corrected chi connectivity index (χ3v) is 6.00. The van der Waals surface area contributed by atoms with Crippen molar-refractivity contribution in [1.29, 1.82) is 0 Å². The lowest BCUT2D eigenvalue weighted by molar-refractivity contribution is -0.132. The summed E-state index contributed by atoms with van der Waals surface area (Å²) in [6.07, 6.45) is 5.46. The number of allylic oxidation sites excluding steroid dienone is 2. The molecule has 6 atom stereocenters. The topological polar surface area (TPSA) is 63.7 Å². The van der Waals surface area contributed by atoms with E-state index >= 15 is 0 Å². The highest BCUT2D eigenvalue weighted by Gasteiger charge is 2.67. The SMILES string of the molecule is CC(=O)Oc1cccc(N2C(=O)[C@@H]3[C@H]4C=C[C@H]([C@H]5C[C@@H]45)[C@@H]3C2=O)c1. The molecule has 6 rings (SSSR count). The van der Waals surface area contributed by atoms with Crippen LogP contribution in [-0.4, -0.2) is 17.8 Å². The van der Waals surface area contributed by atoms with Gasteiger partial charge in [0.1, 0.15) is 5.75 Å². The number of anilines is 1. The zero-order valence-corrected chi connectivity index (χ0v) is 13.2. The van der Waals surface area contributed by atoms with Crippen LogP contribution in [0.3, 0.4) is 0 Å². The molecule has 2 amide bonds. The Labute approximate surface area is 139 Å². The second-order valence-electron chi connectivity index (χ2n) is 7.26. The van der Waals surface area contributed by atoms with Crippen LogP contribution in [0.5, 0.6) is 5.75 Å². The molecule has 0 spiro atoms. The van der Waals surface area contributed by atoms with Gasteiger partial charge in [0, 0.05) is 13.0 Å². The van der Waals surface area contributed by atoms with Crippen molar-refractivity contribution in [2.75, 3.05) is 4.90 Å². The first-order chi connectivity index (χ1) is 11.6.